The third-order valence-corrected chi connectivity index (χ3v) is 4.29. The smallest absolute Gasteiger partial charge is 0.157 e. The third-order valence-electron chi connectivity index (χ3n) is 3.27. The van der Waals surface area contributed by atoms with Gasteiger partial charge in [-0.15, -0.1) is 0 Å². The van der Waals surface area contributed by atoms with Crippen molar-refractivity contribution in [3.8, 4) is 0 Å². The van der Waals surface area contributed by atoms with Gasteiger partial charge in [0.2, 0.25) is 0 Å². The minimum Gasteiger partial charge on any atom is -0.382 e. The normalized spacial score (nSPS) is 19.9. The number of hydrogen-bond acceptors (Lipinski definition) is 4. The van der Waals surface area contributed by atoms with Gasteiger partial charge in [-0.3, -0.25) is 4.99 Å². The van der Waals surface area contributed by atoms with Crippen LogP contribution in [0.25, 0.3) is 0 Å². The Hall–Kier alpha value is -1.04. The van der Waals surface area contributed by atoms with Crippen molar-refractivity contribution >= 4 is 16.9 Å². The second-order valence-electron chi connectivity index (χ2n) is 4.92. The molecule has 1 atom stereocenters. The summed E-state index contributed by atoms with van der Waals surface area (Å²) in [6.45, 7) is 3.01. The van der Waals surface area contributed by atoms with Gasteiger partial charge in [0.1, 0.15) is 0 Å². The molecule has 0 radical (unpaired) electrons. The van der Waals surface area contributed by atoms with E-state index in [1.807, 2.05) is 11.8 Å². The number of rotatable bonds is 9. The first-order valence-corrected chi connectivity index (χ1v) is 8.44. The van der Waals surface area contributed by atoms with Crippen molar-refractivity contribution in [3.63, 3.8) is 0 Å². The molecular weight excluding hydrogens is 284 g/mol. The fourth-order valence-electron chi connectivity index (χ4n) is 2.09. The molecule has 0 aromatic heterocycles. The summed E-state index contributed by atoms with van der Waals surface area (Å²) in [6.07, 6.45) is 2.11. The average molecular weight is 308 g/mol. The molecule has 0 amide bonds. The quantitative estimate of drug-likeness (QED) is 0.712. The van der Waals surface area contributed by atoms with Crippen LogP contribution in [-0.4, -0.2) is 44.4 Å². The summed E-state index contributed by atoms with van der Waals surface area (Å²) in [6, 6.07) is 10.9. The third kappa shape index (κ3) is 6.08. The van der Waals surface area contributed by atoms with Crippen LogP contribution >= 0.6 is 11.8 Å². The van der Waals surface area contributed by atoms with E-state index in [1.54, 1.807) is 7.11 Å². The summed E-state index contributed by atoms with van der Waals surface area (Å²) in [4.78, 5) is 4.62. The molecule has 0 bridgehead atoms. The molecule has 0 aliphatic carbocycles. The van der Waals surface area contributed by atoms with Crippen molar-refractivity contribution < 1.29 is 9.47 Å². The summed E-state index contributed by atoms with van der Waals surface area (Å²) in [5, 5.41) is 4.56. The van der Waals surface area contributed by atoms with Gasteiger partial charge in [-0.1, -0.05) is 42.1 Å². The molecule has 116 valence electrons. The van der Waals surface area contributed by atoms with Crippen LogP contribution in [0.2, 0.25) is 0 Å². The minimum atomic E-state index is 0.396. The highest BCUT2D eigenvalue weighted by Crippen LogP contribution is 2.25. The fraction of sp³-hybridized carbons (Fsp3) is 0.562. The first-order valence-electron chi connectivity index (χ1n) is 7.45. The van der Waals surface area contributed by atoms with Crippen LogP contribution in [0.5, 0.6) is 0 Å². The summed E-state index contributed by atoms with van der Waals surface area (Å²) < 4.78 is 10.4. The number of aliphatic imine (C=N–C) groups is 1. The van der Waals surface area contributed by atoms with Crippen molar-refractivity contribution in [2.75, 3.05) is 39.2 Å². The van der Waals surface area contributed by atoms with Gasteiger partial charge in [-0.25, -0.2) is 0 Å². The highest BCUT2D eigenvalue weighted by Gasteiger charge is 2.20. The van der Waals surface area contributed by atoms with Gasteiger partial charge in [-0.05, 0) is 18.4 Å². The van der Waals surface area contributed by atoms with Crippen LogP contribution in [0.15, 0.2) is 35.3 Å². The molecule has 1 fully saturated rings. The Morgan fingerprint density at radius 1 is 1.19 bits per heavy atom. The van der Waals surface area contributed by atoms with E-state index >= 15 is 0 Å². The van der Waals surface area contributed by atoms with Crippen molar-refractivity contribution in [2.24, 2.45) is 4.99 Å². The molecule has 0 saturated carbocycles. The lowest BCUT2D eigenvalue weighted by atomic mass is 10.1. The molecule has 0 spiro atoms. The number of ether oxygens (including phenoxy) is 2. The first kappa shape index (κ1) is 16.3. The van der Waals surface area contributed by atoms with Gasteiger partial charge in [0, 0.05) is 26.0 Å². The summed E-state index contributed by atoms with van der Waals surface area (Å²) in [7, 11) is 1.69. The zero-order chi connectivity index (χ0) is 14.8. The van der Waals surface area contributed by atoms with Gasteiger partial charge < -0.3 is 14.8 Å². The van der Waals surface area contributed by atoms with Gasteiger partial charge in [-0.2, -0.15) is 0 Å². The molecular formula is C16H24N2O2S. The van der Waals surface area contributed by atoms with Crippen molar-refractivity contribution in [2.45, 2.75) is 18.9 Å². The second kappa shape index (κ2) is 9.82. The largest absolute Gasteiger partial charge is 0.382 e. The summed E-state index contributed by atoms with van der Waals surface area (Å²) in [5.41, 5.74) is 1.33. The van der Waals surface area contributed by atoms with E-state index in [0.29, 0.717) is 19.3 Å². The number of hydrogen-bond donors (Lipinski definition) is 1. The van der Waals surface area contributed by atoms with Gasteiger partial charge in [0.05, 0.1) is 19.3 Å². The number of nitrogens with zero attached hydrogens (tertiary/aromatic N) is 1. The number of amidine groups is 1. The zero-order valence-electron chi connectivity index (χ0n) is 12.6. The van der Waals surface area contributed by atoms with Crippen LogP contribution in [0.3, 0.4) is 0 Å². The molecule has 1 unspecified atom stereocenters. The van der Waals surface area contributed by atoms with Gasteiger partial charge >= 0.3 is 0 Å². The van der Waals surface area contributed by atoms with E-state index in [4.69, 9.17) is 9.47 Å². The Labute approximate surface area is 131 Å². The average Bonchev–Trinajstić information content (AvgIpc) is 3.00. The fourth-order valence-corrected chi connectivity index (χ4v) is 3.10. The van der Waals surface area contributed by atoms with E-state index in [0.717, 1.165) is 36.9 Å². The predicted molar refractivity (Wildman–Crippen MR) is 89.0 cm³/mol. The highest BCUT2D eigenvalue weighted by atomic mass is 32.2. The standard InChI is InChI=1S/C16H24N2O2S/c1-19-11-12-20-10-6-5-9-17-16-18-15(13-21-16)14-7-3-2-4-8-14/h2-4,7-8,15H,5-6,9-13H2,1H3,(H,17,18). The number of thioether (sulfide) groups is 1. The molecule has 1 saturated heterocycles. The number of methoxy groups -OCH3 is 1. The molecule has 4 nitrogen and oxygen atoms in total. The Balaban J connectivity index is 1.59. The van der Waals surface area contributed by atoms with Crippen LogP contribution < -0.4 is 5.32 Å². The first-order chi connectivity index (χ1) is 10.4. The number of unbranched alkanes of at least 4 members (excludes halogenated alkanes) is 1. The Bertz CT molecular complexity index is 426. The number of nitrogens with one attached hydrogen (secondary N) is 1. The van der Waals surface area contributed by atoms with E-state index in [9.17, 15) is 0 Å². The monoisotopic (exact) mass is 308 g/mol. The summed E-state index contributed by atoms with van der Waals surface area (Å²) in [5.74, 6) is 1.06. The molecule has 21 heavy (non-hydrogen) atoms. The predicted octanol–water partition coefficient (Wildman–Crippen LogP) is 2.86. The van der Waals surface area contributed by atoms with Crippen LogP contribution in [-0.2, 0) is 9.47 Å². The Morgan fingerprint density at radius 2 is 2.05 bits per heavy atom. The van der Waals surface area contributed by atoms with Gasteiger partial charge in [0.25, 0.3) is 0 Å². The van der Waals surface area contributed by atoms with E-state index < -0.39 is 0 Å². The molecule has 1 aromatic rings. The second-order valence-corrected chi connectivity index (χ2v) is 5.93. The molecule has 1 aromatic carbocycles. The lowest BCUT2D eigenvalue weighted by Crippen LogP contribution is -2.19. The maximum atomic E-state index is 5.43. The lowest BCUT2D eigenvalue weighted by Gasteiger charge is -2.09. The molecule has 1 aliphatic rings. The molecule has 1 N–H and O–H groups in total. The molecule has 1 heterocycles. The van der Waals surface area contributed by atoms with Crippen molar-refractivity contribution in [3.05, 3.63) is 35.9 Å². The van der Waals surface area contributed by atoms with Crippen molar-refractivity contribution in [1.82, 2.24) is 5.32 Å². The van der Waals surface area contributed by atoms with E-state index in [2.05, 4.69) is 40.6 Å². The minimum absolute atomic E-state index is 0.396. The lowest BCUT2D eigenvalue weighted by molar-refractivity contribution is 0.0690. The molecule has 5 heteroatoms. The van der Waals surface area contributed by atoms with E-state index in [-0.39, 0.29) is 0 Å². The SMILES string of the molecule is COCCOCCCCN=C1NC(c2ccccc2)CS1. The van der Waals surface area contributed by atoms with Gasteiger partial charge in [0.15, 0.2) is 5.17 Å². The maximum absolute atomic E-state index is 5.43. The van der Waals surface area contributed by atoms with Crippen molar-refractivity contribution in [1.29, 1.82) is 0 Å². The highest BCUT2D eigenvalue weighted by molar-refractivity contribution is 8.14. The topological polar surface area (TPSA) is 42.9 Å². The maximum Gasteiger partial charge on any atom is 0.157 e. The number of benzene rings is 1. The van der Waals surface area contributed by atoms with Crippen LogP contribution in [0, 0.1) is 0 Å². The van der Waals surface area contributed by atoms with E-state index in [1.165, 1.54) is 5.56 Å². The van der Waals surface area contributed by atoms with Crippen LogP contribution in [0.1, 0.15) is 24.4 Å². The Morgan fingerprint density at radius 3 is 2.86 bits per heavy atom. The zero-order valence-corrected chi connectivity index (χ0v) is 13.4. The molecule has 1 aliphatic heterocycles. The van der Waals surface area contributed by atoms with Crippen LogP contribution in [0.4, 0.5) is 0 Å². The molecule has 2 rings (SSSR count). The summed E-state index contributed by atoms with van der Waals surface area (Å²) >= 11 is 1.81. The Kier molecular flexibility index (Phi) is 7.63.